The predicted molar refractivity (Wildman–Crippen MR) is 71.9 cm³/mol. The van der Waals surface area contributed by atoms with Crippen molar-refractivity contribution in [3.8, 4) is 0 Å². The summed E-state index contributed by atoms with van der Waals surface area (Å²) in [7, 11) is 0. The lowest BCUT2D eigenvalue weighted by atomic mass is 10.1. The first-order valence-electron chi connectivity index (χ1n) is 6.14. The highest BCUT2D eigenvalue weighted by molar-refractivity contribution is 5.26. The molecule has 1 heterocycles. The Hall–Kier alpha value is -1.71. The first-order chi connectivity index (χ1) is 8.90. The van der Waals surface area contributed by atoms with E-state index < -0.39 is 0 Å². The second-order valence-electron chi connectivity index (χ2n) is 4.10. The molecule has 3 heteroatoms. The van der Waals surface area contributed by atoms with Crippen molar-refractivity contribution in [1.29, 1.82) is 0 Å². The van der Waals surface area contributed by atoms with Crippen molar-refractivity contribution in [3.63, 3.8) is 0 Å². The lowest BCUT2D eigenvalue weighted by Crippen LogP contribution is -2.05. The Labute approximate surface area is 108 Å². The number of aromatic nitrogens is 1. The minimum Gasteiger partial charge on any atom is -0.376 e. The van der Waals surface area contributed by atoms with Crippen LogP contribution in [-0.4, -0.2) is 11.6 Å². The van der Waals surface area contributed by atoms with Crippen LogP contribution in [0.2, 0.25) is 0 Å². The summed E-state index contributed by atoms with van der Waals surface area (Å²) in [5.41, 5.74) is 9.06. The van der Waals surface area contributed by atoms with Crippen molar-refractivity contribution in [2.45, 2.75) is 19.6 Å². The molecule has 0 radical (unpaired) electrons. The summed E-state index contributed by atoms with van der Waals surface area (Å²) in [6.45, 7) is 1.84. The molecule has 2 N–H and O–H groups in total. The zero-order valence-corrected chi connectivity index (χ0v) is 10.4. The molecule has 0 saturated heterocycles. The molecule has 0 unspecified atom stereocenters. The van der Waals surface area contributed by atoms with Crippen LogP contribution in [0.1, 0.15) is 16.8 Å². The van der Waals surface area contributed by atoms with E-state index in [0.29, 0.717) is 19.8 Å². The molecule has 0 spiro atoms. The average molecular weight is 242 g/mol. The second-order valence-corrected chi connectivity index (χ2v) is 4.10. The monoisotopic (exact) mass is 242 g/mol. The average Bonchev–Trinajstić information content (AvgIpc) is 2.45. The van der Waals surface area contributed by atoms with Crippen LogP contribution < -0.4 is 5.73 Å². The minimum atomic E-state index is 0.555. The van der Waals surface area contributed by atoms with Gasteiger partial charge in [-0.2, -0.15) is 0 Å². The summed E-state index contributed by atoms with van der Waals surface area (Å²) in [5, 5.41) is 0. The Balaban J connectivity index is 1.78. The highest BCUT2D eigenvalue weighted by Gasteiger charge is 2.00. The Kier molecular flexibility index (Phi) is 4.88. The first kappa shape index (κ1) is 12.7. The Bertz CT molecular complexity index is 471. The summed E-state index contributed by atoms with van der Waals surface area (Å²) in [4.78, 5) is 4.26. The SMILES string of the molecule is NCc1ccccc1COCCc1ccccn1. The zero-order valence-electron chi connectivity index (χ0n) is 10.4. The van der Waals surface area contributed by atoms with Gasteiger partial charge in [0.1, 0.15) is 0 Å². The summed E-state index contributed by atoms with van der Waals surface area (Å²) >= 11 is 0. The van der Waals surface area contributed by atoms with Crippen LogP contribution >= 0.6 is 0 Å². The molecule has 3 nitrogen and oxygen atoms in total. The molecule has 0 aliphatic rings. The van der Waals surface area contributed by atoms with Gasteiger partial charge in [-0.05, 0) is 23.3 Å². The molecule has 18 heavy (non-hydrogen) atoms. The topological polar surface area (TPSA) is 48.1 Å². The summed E-state index contributed by atoms with van der Waals surface area (Å²) in [6.07, 6.45) is 2.64. The number of rotatable bonds is 6. The number of nitrogens with zero attached hydrogens (tertiary/aromatic N) is 1. The van der Waals surface area contributed by atoms with Crippen LogP contribution in [0, 0.1) is 0 Å². The van der Waals surface area contributed by atoms with E-state index in [-0.39, 0.29) is 0 Å². The third kappa shape index (κ3) is 3.65. The molecule has 1 aromatic heterocycles. The van der Waals surface area contributed by atoms with Crippen molar-refractivity contribution in [3.05, 3.63) is 65.5 Å². The van der Waals surface area contributed by atoms with Crippen LogP contribution in [-0.2, 0) is 24.3 Å². The molecule has 2 aromatic rings. The van der Waals surface area contributed by atoms with Gasteiger partial charge in [0.15, 0.2) is 0 Å². The van der Waals surface area contributed by atoms with Crippen LogP contribution in [0.25, 0.3) is 0 Å². The number of nitrogens with two attached hydrogens (primary N) is 1. The van der Waals surface area contributed by atoms with Gasteiger partial charge >= 0.3 is 0 Å². The number of hydrogen-bond donors (Lipinski definition) is 1. The van der Waals surface area contributed by atoms with Gasteiger partial charge in [0, 0.05) is 24.9 Å². The van der Waals surface area contributed by atoms with Gasteiger partial charge in [-0.3, -0.25) is 4.98 Å². The van der Waals surface area contributed by atoms with E-state index in [9.17, 15) is 0 Å². The highest BCUT2D eigenvalue weighted by atomic mass is 16.5. The summed E-state index contributed by atoms with van der Waals surface area (Å²) in [6, 6.07) is 14.0. The molecule has 0 atom stereocenters. The quantitative estimate of drug-likeness (QED) is 0.791. The van der Waals surface area contributed by atoms with E-state index in [1.165, 1.54) is 5.56 Å². The van der Waals surface area contributed by atoms with E-state index in [1.807, 2.05) is 36.4 Å². The summed E-state index contributed by atoms with van der Waals surface area (Å²) < 4.78 is 5.67. The number of benzene rings is 1. The normalized spacial score (nSPS) is 10.5. The van der Waals surface area contributed by atoms with Crippen LogP contribution in [0.3, 0.4) is 0 Å². The lowest BCUT2D eigenvalue weighted by molar-refractivity contribution is 0.122. The van der Waals surface area contributed by atoms with Crippen LogP contribution in [0.4, 0.5) is 0 Å². The van der Waals surface area contributed by atoms with Crippen molar-refractivity contribution < 1.29 is 4.74 Å². The molecule has 0 aliphatic carbocycles. The van der Waals surface area contributed by atoms with E-state index in [4.69, 9.17) is 10.5 Å². The van der Waals surface area contributed by atoms with Crippen molar-refractivity contribution in [1.82, 2.24) is 4.98 Å². The Morgan fingerprint density at radius 2 is 1.78 bits per heavy atom. The highest BCUT2D eigenvalue weighted by Crippen LogP contribution is 2.09. The van der Waals surface area contributed by atoms with Crippen molar-refractivity contribution >= 4 is 0 Å². The fourth-order valence-electron chi connectivity index (χ4n) is 1.80. The van der Waals surface area contributed by atoms with Gasteiger partial charge in [-0.15, -0.1) is 0 Å². The zero-order chi connectivity index (χ0) is 12.6. The van der Waals surface area contributed by atoms with E-state index >= 15 is 0 Å². The largest absolute Gasteiger partial charge is 0.376 e. The van der Waals surface area contributed by atoms with Gasteiger partial charge in [-0.25, -0.2) is 0 Å². The molecule has 1 aromatic carbocycles. The van der Waals surface area contributed by atoms with E-state index in [0.717, 1.165) is 17.7 Å². The van der Waals surface area contributed by atoms with Crippen molar-refractivity contribution in [2.75, 3.05) is 6.61 Å². The van der Waals surface area contributed by atoms with Gasteiger partial charge in [0.05, 0.1) is 13.2 Å². The molecule has 0 aliphatic heterocycles. The van der Waals surface area contributed by atoms with Crippen LogP contribution in [0.15, 0.2) is 48.7 Å². The third-order valence-corrected chi connectivity index (χ3v) is 2.82. The minimum absolute atomic E-state index is 0.555. The standard InChI is InChI=1S/C15H18N2O/c16-11-13-5-1-2-6-14(13)12-18-10-8-15-7-3-4-9-17-15/h1-7,9H,8,10-12,16H2. The molecule has 0 saturated carbocycles. The number of pyridine rings is 1. The third-order valence-electron chi connectivity index (χ3n) is 2.82. The second kappa shape index (κ2) is 6.89. The smallest absolute Gasteiger partial charge is 0.0720 e. The fraction of sp³-hybridized carbons (Fsp3) is 0.267. The first-order valence-corrected chi connectivity index (χ1v) is 6.14. The maximum absolute atomic E-state index is 5.68. The molecule has 0 bridgehead atoms. The molecule has 94 valence electrons. The van der Waals surface area contributed by atoms with Crippen molar-refractivity contribution in [2.24, 2.45) is 5.73 Å². The summed E-state index contributed by atoms with van der Waals surface area (Å²) in [5.74, 6) is 0. The molecule has 0 amide bonds. The molecule has 2 rings (SSSR count). The fourth-order valence-corrected chi connectivity index (χ4v) is 1.80. The molecule has 0 fully saturated rings. The van der Waals surface area contributed by atoms with Gasteiger partial charge in [0.2, 0.25) is 0 Å². The Morgan fingerprint density at radius 3 is 2.50 bits per heavy atom. The Morgan fingerprint density at radius 1 is 1.00 bits per heavy atom. The lowest BCUT2D eigenvalue weighted by Gasteiger charge is -2.08. The number of ether oxygens (including phenoxy) is 1. The number of hydrogen-bond acceptors (Lipinski definition) is 3. The van der Waals surface area contributed by atoms with E-state index in [2.05, 4.69) is 11.1 Å². The maximum atomic E-state index is 5.68. The molecular formula is C15H18N2O. The predicted octanol–water partition coefficient (Wildman–Crippen LogP) is 2.30. The van der Waals surface area contributed by atoms with Gasteiger partial charge in [-0.1, -0.05) is 30.3 Å². The van der Waals surface area contributed by atoms with Gasteiger partial charge < -0.3 is 10.5 Å². The molecular weight excluding hydrogens is 224 g/mol. The van der Waals surface area contributed by atoms with E-state index in [1.54, 1.807) is 6.20 Å². The van der Waals surface area contributed by atoms with Crippen LogP contribution in [0.5, 0.6) is 0 Å². The maximum Gasteiger partial charge on any atom is 0.0720 e. The van der Waals surface area contributed by atoms with Gasteiger partial charge in [0.25, 0.3) is 0 Å².